The summed E-state index contributed by atoms with van der Waals surface area (Å²) in [7, 11) is 0. The monoisotopic (exact) mass is 288 g/mol. The molecule has 1 N–H and O–H groups in total. The van der Waals surface area contributed by atoms with E-state index in [1.165, 1.54) is 69.5 Å². The molecule has 0 aliphatic heterocycles. The van der Waals surface area contributed by atoms with Crippen molar-refractivity contribution in [3.8, 4) is 0 Å². The van der Waals surface area contributed by atoms with Gasteiger partial charge in [-0.3, -0.25) is 4.79 Å². The molecule has 1 atom stereocenters. The summed E-state index contributed by atoms with van der Waals surface area (Å²) in [5, 5.41) is 9.75. The van der Waals surface area contributed by atoms with Crippen LogP contribution < -0.4 is 0 Å². The molecule has 1 unspecified atom stereocenters. The molecule has 0 saturated carbocycles. The van der Waals surface area contributed by atoms with Gasteiger partial charge >= 0.3 is 0 Å². The Kier molecular flexibility index (Phi) is 14.4. The fourth-order valence-corrected chi connectivity index (χ4v) is 2.76. The molecule has 0 aliphatic carbocycles. The van der Waals surface area contributed by atoms with Gasteiger partial charge in [-0.25, -0.2) is 0 Å². The summed E-state index contributed by atoms with van der Waals surface area (Å²) >= 11 is 1.23. The van der Waals surface area contributed by atoms with Crippen LogP contribution in [0.1, 0.15) is 84.5 Å². The molecule has 0 fully saturated rings. The maximum Gasteiger partial charge on any atom is 0.185 e. The first-order chi connectivity index (χ1) is 9.16. The van der Waals surface area contributed by atoms with Crippen LogP contribution >= 0.6 is 11.8 Å². The Hall–Kier alpha value is -0.0200. The van der Waals surface area contributed by atoms with E-state index in [-0.39, 0.29) is 11.2 Å². The molecule has 19 heavy (non-hydrogen) atoms. The normalized spacial score (nSPS) is 12.6. The molecule has 0 amide bonds. The zero-order chi connectivity index (χ0) is 14.3. The minimum absolute atomic E-state index is 0.0992. The third-order valence-electron chi connectivity index (χ3n) is 3.37. The summed E-state index contributed by atoms with van der Waals surface area (Å²) < 4.78 is 0. The largest absolute Gasteiger partial charge is 0.392 e. The zero-order valence-electron chi connectivity index (χ0n) is 12.8. The van der Waals surface area contributed by atoms with Crippen molar-refractivity contribution in [3.05, 3.63) is 0 Å². The zero-order valence-corrected chi connectivity index (χ0v) is 13.6. The van der Waals surface area contributed by atoms with Crippen molar-refractivity contribution < 1.29 is 9.90 Å². The van der Waals surface area contributed by atoms with Crippen LogP contribution in [0.25, 0.3) is 0 Å². The molecule has 0 heterocycles. The van der Waals surface area contributed by atoms with Crippen LogP contribution in [-0.2, 0) is 4.79 Å². The van der Waals surface area contributed by atoms with E-state index in [1.54, 1.807) is 6.92 Å². The number of unbranched alkanes of at least 4 members (excludes halogenated alkanes) is 9. The molecule has 0 bridgehead atoms. The van der Waals surface area contributed by atoms with Crippen molar-refractivity contribution in [1.29, 1.82) is 0 Å². The van der Waals surface area contributed by atoms with Gasteiger partial charge in [-0.15, -0.1) is 0 Å². The third kappa shape index (κ3) is 15.9. The van der Waals surface area contributed by atoms with Crippen LogP contribution in [0.4, 0.5) is 0 Å². The van der Waals surface area contributed by atoms with E-state index in [0.29, 0.717) is 5.75 Å². The molecule has 0 saturated heterocycles. The van der Waals surface area contributed by atoms with Crippen molar-refractivity contribution in [2.24, 2.45) is 0 Å². The van der Waals surface area contributed by atoms with E-state index in [4.69, 9.17) is 0 Å². The van der Waals surface area contributed by atoms with Crippen LogP contribution in [0.15, 0.2) is 0 Å². The summed E-state index contributed by atoms with van der Waals surface area (Å²) in [4.78, 5) is 10.7. The Morgan fingerprint density at radius 2 is 1.42 bits per heavy atom. The topological polar surface area (TPSA) is 37.3 Å². The number of rotatable bonds is 13. The number of hydrogen-bond donors (Lipinski definition) is 1. The predicted octanol–water partition coefficient (Wildman–Crippen LogP) is 4.94. The van der Waals surface area contributed by atoms with E-state index in [2.05, 4.69) is 6.92 Å². The third-order valence-corrected chi connectivity index (χ3v) is 4.33. The first-order valence-electron chi connectivity index (χ1n) is 7.98. The highest BCUT2D eigenvalue weighted by atomic mass is 32.2. The lowest BCUT2D eigenvalue weighted by atomic mass is 10.1. The molecule has 0 spiro atoms. The number of hydrogen-bond acceptors (Lipinski definition) is 3. The van der Waals surface area contributed by atoms with E-state index < -0.39 is 0 Å². The van der Waals surface area contributed by atoms with Gasteiger partial charge in [0.05, 0.1) is 6.10 Å². The Morgan fingerprint density at radius 1 is 0.947 bits per heavy atom. The quantitative estimate of drug-likeness (QED) is 0.488. The SMILES string of the molecule is CCCCCCCCCCCCC(O)CSC(C)=O. The fourth-order valence-electron chi connectivity index (χ4n) is 2.16. The first-order valence-corrected chi connectivity index (χ1v) is 8.96. The Bertz CT molecular complexity index is 207. The Morgan fingerprint density at radius 3 is 1.89 bits per heavy atom. The fraction of sp³-hybridized carbons (Fsp3) is 0.938. The number of thioether (sulfide) groups is 1. The van der Waals surface area contributed by atoms with Crippen molar-refractivity contribution in [1.82, 2.24) is 0 Å². The average Bonchev–Trinajstić information content (AvgIpc) is 2.38. The van der Waals surface area contributed by atoms with Gasteiger partial charge in [0.2, 0.25) is 0 Å². The number of aliphatic hydroxyl groups is 1. The maximum atomic E-state index is 10.7. The first kappa shape index (κ1) is 19.0. The number of carbonyl (C=O) groups excluding carboxylic acids is 1. The highest BCUT2D eigenvalue weighted by Gasteiger charge is 2.05. The standard InChI is InChI=1S/C16H32O2S/c1-3-4-5-6-7-8-9-10-11-12-13-16(18)14-19-15(2)17/h16,18H,3-14H2,1-2H3. The molecule has 0 radical (unpaired) electrons. The van der Waals surface area contributed by atoms with Gasteiger partial charge in [-0.1, -0.05) is 82.9 Å². The summed E-state index contributed by atoms with van der Waals surface area (Å²) in [6.45, 7) is 3.81. The van der Waals surface area contributed by atoms with Gasteiger partial charge in [0.1, 0.15) is 0 Å². The molecule has 0 aromatic heterocycles. The maximum absolute atomic E-state index is 10.7. The van der Waals surface area contributed by atoms with E-state index in [1.807, 2.05) is 0 Å². The highest BCUT2D eigenvalue weighted by Crippen LogP contribution is 2.13. The average molecular weight is 288 g/mol. The Balaban J connectivity index is 3.11. The van der Waals surface area contributed by atoms with Crippen molar-refractivity contribution in [2.75, 3.05) is 5.75 Å². The summed E-state index contributed by atoms with van der Waals surface area (Å²) in [5.74, 6) is 0.562. The Labute approximate surface area is 123 Å². The van der Waals surface area contributed by atoms with Gasteiger partial charge in [0, 0.05) is 12.7 Å². The molecule has 3 heteroatoms. The summed E-state index contributed by atoms with van der Waals surface area (Å²) in [6, 6.07) is 0. The molecular formula is C16H32O2S. The van der Waals surface area contributed by atoms with Crippen LogP contribution in [0, 0.1) is 0 Å². The van der Waals surface area contributed by atoms with Gasteiger partial charge in [0.25, 0.3) is 0 Å². The molecule has 0 rings (SSSR count). The number of carbonyl (C=O) groups is 1. The van der Waals surface area contributed by atoms with Gasteiger partial charge in [0.15, 0.2) is 5.12 Å². The van der Waals surface area contributed by atoms with Crippen molar-refractivity contribution in [3.63, 3.8) is 0 Å². The molecular weight excluding hydrogens is 256 g/mol. The lowest BCUT2D eigenvalue weighted by Gasteiger charge is -2.08. The van der Waals surface area contributed by atoms with Gasteiger partial charge < -0.3 is 5.11 Å². The molecule has 0 aromatic rings. The second-order valence-electron chi connectivity index (χ2n) is 5.43. The second-order valence-corrected chi connectivity index (χ2v) is 6.62. The van der Waals surface area contributed by atoms with Crippen LogP contribution in [0.5, 0.6) is 0 Å². The lowest BCUT2D eigenvalue weighted by Crippen LogP contribution is -2.10. The lowest BCUT2D eigenvalue weighted by molar-refractivity contribution is -0.109. The molecule has 0 aliphatic rings. The van der Waals surface area contributed by atoms with E-state index >= 15 is 0 Å². The van der Waals surface area contributed by atoms with Crippen LogP contribution in [-0.4, -0.2) is 22.1 Å². The van der Waals surface area contributed by atoms with Crippen molar-refractivity contribution in [2.45, 2.75) is 90.6 Å². The minimum Gasteiger partial charge on any atom is -0.392 e. The predicted molar refractivity (Wildman–Crippen MR) is 85.6 cm³/mol. The van der Waals surface area contributed by atoms with Crippen molar-refractivity contribution >= 4 is 16.9 Å². The van der Waals surface area contributed by atoms with Gasteiger partial charge in [-0.2, -0.15) is 0 Å². The molecule has 0 aromatic carbocycles. The second kappa shape index (κ2) is 14.4. The van der Waals surface area contributed by atoms with Crippen LogP contribution in [0.2, 0.25) is 0 Å². The highest BCUT2D eigenvalue weighted by molar-refractivity contribution is 8.13. The summed E-state index contributed by atoms with van der Waals surface area (Å²) in [6.07, 6.45) is 13.7. The number of aliphatic hydroxyl groups excluding tert-OH is 1. The minimum atomic E-state index is -0.303. The van der Waals surface area contributed by atoms with Crippen LogP contribution in [0.3, 0.4) is 0 Å². The van der Waals surface area contributed by atoms with Gasteiger partial charge in [-0.05, 0) is 6.42 Å². The molecule has 2 nitrogen and oxygen atoms in total. The van der Waals surface area contributed by atoms with E-state index in [9.17, 15) is 9.90 Å². The summed E-state index contributed by atoms with van der Waals surface area (Å²) in [5.41, 5.74) is 0. The van der Waals surface area contributed by atoms with E-state index in [0.717, 1.165) is 12.8 Å². The smallest absolute Gasteiger partial charge is 0.185 e. The molecule has 114 valence electrons.